The number of nitrogens with zero attached hydrogens (tertiary/aromatic N) is 1. The Morgan fingerprint density at radius 1 is 1.27 bits per heavy atom. The van der Waals surface area contributed by atoms with Crippen LogP contribution >= 0.6 is 0 Å². The van der Waals surface area contributed by atoms with Crippen molar-refractivity contribution in [2.24, 2.45) is 0 Å². The molecular formula is C18H22N2O2. The number of benzene rings is 1. The zero-order valence-corrected chi connectivity index (χ0v) is 13.1. The van der Waals surface area contributed by atoms with Gasteiger partial charge in [-0.15, -0.1) is 0 Å². The standard InChI is InChI=1S/C18H22N2O2/c1-3-22-17-8-6-16(7-9-17)20-12-14(11-19-15-4-5-15)18(21)10-13(20)2/h6-10,12,15,19H,3-5,11H2,1-2H3. The lowest BCUT2D eigenvalue weighted by Crippen LogP contribution is -2.22. The summed E-state index contributed by atoms with van der Waals surface area (Å²) in [6, 6.07) is 10.2. The molecule has 0 amide bonds. The SMILES string of the molecule is CCOc1ccc(-n2cc(CNC3CC3)c(=O)cc2C)cc1. The molecule has 22 heavy (non-hydrogen) atoms. The third-order valence-corrected chi connectivity index (χ3v) is 3.91. The van der Waals surface area contributed by atoms with Crippen molar-refractivity contribution < 1.29 is 4.74 Å². The quantitative estimate of drug-likeness (QED) is 0.892. The second-order valence-corrected chi connectivity index (χ2v) is 5.76. The second kappa shape index (κ2) is 6.36. The molecule has 1 aliphatic rings. The monoisotopic (exact) mass is 298 g/mol. The Bertz CT molecular complexity index is 700. The van der Waals surface area contributed by atoms with Crippen LogP contribution in [-0.4, -0.2) is 17.2 Å². The average molecular weight is 298 g/mol. The van der Waals surface area contributed by atoms with Gasteiger partial charge in [-0.2, -0.15) is 0 Å². The van der Waals surface area contributed by atoms with Gasteiger partial charge in [0, 0.05) is 41.8 Å². The summed E-state index contributed by atoms with van der Waals surface area (Å²) in [5.41, 5.74) is 2.89. The highest BCUT2D eigenvalue weighted by molar-refractivity contribution is 5.39. The van der Waals surface area contributed by atoms with Crippen molar-refractivity contribution in [3.05, 3.63) is 58.0 Å². The predicted octanol–water partition coefficient (Wildman–Crippen LogP) is 2.80. The van der Waals surface area contributed by atoms with Gasteiger partial charge in [-0.25, -0.2) is 0 Å². The number of nitrogens with one attached hydrogen (secondary N) is 1. The van der Waals surface area contributed by atoms with Gasteiger partial charge in [0.2, 0.25) is 0 Å². The van der Waals surface area contributed by atoms with Crippen molar-refractivity contribution in [1.82, 2.24) is 9.88 Å². The molecule has 1 aromatic carbocycles. The molecule has 1 aromatic heterocycles. The molecule has 0 saturated heterocycles. The Morgan fingerprint density at radius 3 is 2.64 bits per heavy atom. The zero-order valence-electron chi connectivity index (χ0n) is 13.1. The number of aryl methyl sites for hydroxylation is 1. The summed E-state index contributed by atoms with van der Waals surface area (Å²) in [6.45, 7) is 5.23. The number of aromatic nitrogens is 1. The second-order valence-electron chi connectivity index (χ2n) is 5.76. The summed E-state index contributed by atoms with van der Waals surface area (Å²) in [6.07, 6.45) is 4.39. The summed E-state index contributed by atoms with van der Waals surface area (Å²) >= 11 is 0. The summed E-state index contributed by atoms with van der Waals surface area (Å²) in [5.74, 6) is 0.862. The molecule has 0 unspecified atom stereocenters. The van der Waals surface area contributed by atoms with Crippen molar-refractivity contribution in [2.45, 2.75) is 39.3 Å². The number of hydrogen-bond donors (Lipinski definition) is 1. The Hall–Kier alpha value is -2.07. The first-order valence-corrected chi connectivity index (χ1v) is 7.86. The highest BCUT2D eigenvalue weighted by Crippen LogP contribution is 2.20. The molecule has 1 fully saturated rings. The van der Waals surface area contributed by atoms with Gasteiger partial charge in [-0.1, -0.05) is 0 Å². The number of rotatable bonds is 6. The third-order valence-electron chi connectivity index (χ3n) is 3.91. The van der Waals surface area contributed by atoms with E-state index in [1.807, 2.05) is 44.3 Å². The average Bonchev–Trinajstić information content (AvgIpc) is 3.32. The molecule has 1 saturated carbocycles. The Labute approximate surface area is 130 Å². The van der Waals surface area contributed by atoms with Gasteiger partial charge < -0.3 is 14.6 Å². The summed E-state index contributed by atoms with van der Waals surface area (Å²) in [4.78, 5) is 12.1. The van der Waals surface area contributed by atoms with Gasteiger partial charge in [-0.05, 0) is 51.0 Å². The lowest BCUT2D eigenvalue weighted by Gasteiger charge is -2.14. The minimum atomic E-state index is 0.104. The highest BCUT2D eigenvalue weighted by atomic mass is 16.5. The largest absolute Gasteiger partial charge is 0.494 e. The van der Waals surface area contributed by atoms with Gasteiger partial charge in [0.15, 0.2) is 5.43 Å². The fourth-order valence-corrected chi connectivity index (χ4v) is 2.50. The summed E-state index contributed by atoms with van der Waals surface area (Å²) in [7, 11) is 0. The van der Waals surface area contributed by atoms with Gasteiger partial charge in [-0.3, -0.25) is 4.79 Å². The lowest BCUT2D eigenvalue weighted by atomic mass is 10.2. The molecule has 116 valence electrons. The first kappa shape index (κ1) is 14.9. The van der Waals surface area contributed by atoms with Gasteiger partial charge in [0.1, 0.15) is 5.75 Å². The van der Waals surface area contributed by atoms with E-state index in [9.17, 15) is 4.79 Å². The van der Waals surface area contributed by atoms with Crippen LogP contribution in [0.1, 0.15) is 31.0 Å². The Morgan fingerprint density at radius 2 is 2.00 bits per heavy atom. The third kappa shape index (κ3) is 3.39. The van der Waals surface area contributed by atoms with Crippen LogP contribution in [0.15, 0.2) is 41.3 Å². The maximum atomic E-state index is 12.1. The van der Waals surface area contributed by atoms with E-state index in [0.29, 0.717) is 19.2 Å². The van der Waals surface area contributed by atoms with Crippen molar-refractivity contribution in [3.8, 4) is 11.4 Å². The van der Waals surface area contributed by atoms with Crippen LogP contribution in [0.4, 0.5) is 0 Å². The van der Waals surface area contributed by atoms with Crippen LogP contribution in [0.25, 0.3) is 5.69 Å². The van der Waals surface area contributed by atoms with E-state index in [-0.39, 0.29) is 5.43 Å². The van der Waals surface area contributed by atoms with E-state index in [0.717, 1.165) is 22.7 Å². The van der Waals surface area contributed by atoms with Crippen LogP contribution in [-0.2, 0) is 6.54 Å². The fourth-order valence-electron chi connectivity index (χ4n) is 2.50. The van der Waals surface area contributed by atoms with Gasteiger partial charge in [0.25, 0.3) is 0 Å². The fraction of sp³-hybridized carbons (Fsp3) is 0.389. The Kier molecular flexibility index (Phi) is 4.29. The van der Waals surface area contributed by atoms with Crippen LogP contribution in [0.5, 0.6) is 5.75 Å². The molecule has 0 atom stereocenters. The van der Waals surface area contributed by atoms with E-state index in [4.69, 9.17) is 4.74 Å². The van der Waals surface area contributed by atoms with Crippen molar-refractivity contribution >= 4 is 0 Å². The summed E-state index contributed by atoms with van der Waals surface area (Å²) in [5, 5.41) is 3.40. The highest BCUT2D eigenvalue weighted by Gasteiger charge is 2.20. The van der Waals surface area contributed by atoms with Gasteiger partial charge >= 0.3 is 0 Å². The van der Waals surface area contributed by atoms with Crippen molar-refractivity contribution in [2.75, 3.05) is 6.61 Å². The molecule has 4 heteroatoms. The molecular weight excluding hydrogens is 276 g/mol. The topological polar surface area (TPSA) is 43.3 Å². The molecule has 1 heterocycles. The molecule has 0 radical (unpaired) electrons. The molecule has 1 N–H and O–H groups in total. The lowest BCUT2D eigenvalue weighted by molar-refractivity contribution is 0.340. The van der Waals surface area contributed by atoms with Crippen molar-refractivity contribution in [1.29, 1.82) is 0 Å². The van der Waals surface area contributed by atoms with Crippen LogP contribution in [0.3, 0.4) is 0 Å². The molecule has 0 bridgehead atoms. The van der Waals surface area contributed by atoms with Crippen LogP contribution in [0, 0.1) is 6.92 Å². The van der Waals surface area contributed by atoms with Gasteiger partial charge in [0.05, 0.1) is 6.61 Å². The number of hydrogen-bond acceptors (Lipinski definition) is 3. The maximum Gasteiger partial charge on any atom is 0.186 e. The van der Waals surface area contributed by atoms with Crippen molar-refractivity contribution in [3.63, 3.8) is 0 Å². The first-order chi connectivity index (χ1) is 10.7. The maximum absolute atomic E-state index is 12.1. The van der Waals surface area contributed by atoms with Crippen LogP contribution in [0.2, 0.25) is 0 Å². The van der Waals surface area contributed by atoms with E-state index in [1.54, 1.807) is 6.07 Å². The first-order valence-electron chi connectivity index (χ1n) is 7.86. The predicted molar refractivity (Wildman–Crippen MR) is 87.8 cm³/mol. The van der Waals surface area contributed by atoms with E-state index in [2.05, 4.69) is 9.88 Å². The zero-order chi connectivity index (χ0) is 15.5. The normalized spacial score (nSPS) is 14.1. The molecule has 0 spiro atoms. The van der Waals surface area contributed by atoms with E-state index < -0.39 is 0 Å². The number of pyridine rings is 1. The number of ether oxygens (including phenoxy) is 1. The van der Waals surface area contributed by atoms with E-state index in [1.165, 1.54) is 12.8 Å². The van der Waals surface area contributed by atoms with Crippen LogP contribution < -0.4 is 15.5 Å². The molecule has 4 nitrogen and oxygen atoms in total. The molecule has 3 rings (SSSR count). The molecule has 0 aliphatic heterocycles. The minimum Gasteiger partial charge on any atom is -0.494 e. The van der Waals surface area contributed by atoms with E-state index >= 15 is 0 Å². The summed E-state index contributed by atoms with van der Waals surface area (Å²) < 4.78 is 7.53. The minimum absolute atomic E-state index is 0.104. The smallest absolute Gasteiger partial charge is 0.186 e. The Balaban J connectivity index is 1.87. The molecule has 2 aromatic rings. The molecule has 1 aliphatic carbocycles.